The Bertz CT molecular complexity index is 471. The van der Waals surface area contributed by atoms with Gasteiger partial charge in [-0.3, -0.25) is 4.79 Å². The van der Waals surface area contributed by atoms with E-state index in [-0.39, 0.29) is 5.82 Å². The number of halogens is 1. The lowest BCUT2D eigenvalue weighted by atomic mass is 10.0. The first-order valence-corrected chi connectivity index (χ1v) is 6.13. The monoisotopic (exact) mass is 248 g/mol. The van der Waals surface area contributed by atoms with Gasteiger partial charge in [-0.2, -0.15) is 0 Å². The highest BCUT2D eigenvalue weighted by atomic mass is 19.1. The van der Waals surface area contributed by atoms with E-state index in [1.165, 1.54) is 18.2 Å². The summed E-state index contributed by atoms with van der Waals surface area (Å²) < 4.78 is 13.6. The minimum absolute atomic E-state index is 0.307. The smallest absolute Gasteiger partial charge is 0.248 e. The van der Waals surface area contributed by atoms with Gasteiger partial charge in [0.25, 0.3) is 0 Å². The first-order valence-electron chi connectivity index (χ1n) is 6.13. The molecule has 18 heavy (non-hydrogen) atoms. The zero-order valence-corrected chi connectivity index (χ0v) is 10.2. The van der Waals surface area contributed by atoms with Crippen LogP contribution >= 0.6 is 0 Å². The molecule has 1 atom stereocenters. The Morgan fingerprint density at radius 1 is 1.44 bits per heavy atom. The SMILES string of the molecule is NC(=O)c1ccc(F)c(CNC2CC=CCC2)c1. The van der Waals surface area contributed by atoms with Gasteiger partial charge in [-0.05, 0) is 37.5 Å². The quantitative estimate of drug-likeness (QED) is 0.802. The van der Waals surface area contributed by atoms with Crippen molar-refractivity contribution in [3.05, 3.63) is 47.3 Å². The number of benzene rings is 1. The van der Waals surface area contributed by atoms with E-state index in [1.807, 2.05) is 0 Å². The van der Waals surface area contributed by atoms with E-state index < -0.39 is 5.91 Å². The van der Waals surface area contributed by atoms with Crippen LogP contribution in [0, 0.1) is 5.82 Å². The highest BCUT2D eigenvalue weighted by molar-refractivity contribution is 5.92. The van der Waals surface area contributed by atoms with E-state index in [9.17, 15) is 9.18 Å². The molecule has 0 radical (unpaired) electrons. The van der Waals surface area contributed by atoms with Crippen LogP contribution in [-0.2, 0) is 6.54 Å². The topological polar surface area (TPSA) is 55.1 Å². The number of hydrogen-bond acceptors (Lipinski definition) is 2. The van der Waals surface area contributed by atoms with Crippen molar-refractivity contribution >= 4 is 5.91 Å². The standard InChI is InChI=1S/C14H17FN2O/c15-13-7-6-10(14(16)18)8-11(13)9-17-12-4-2-1-3-5-12/h1-2,6-8,12,17H,3-5,9H2,(H2,16,18). The Morgan fingerprint density at radius 3 is 2.94 bits per heavy atom. The van der Waals surface area contributed by atoms with E-state index >= 15 is 0 Å². The molecule has 0 bridgehead atoms. The molecule has 0 fully saturated rings. The number of primary amides is 1. The van der Waals surface area contributed by atoms with E-state index in [1.54, 1.807) is 0 Å². The van der Waals surface area contributed by atoms with Crippen molar-refractivity contribution in [2.24, 2.45) is 5.73 Å². The van der Waals surface area contributed by atoms with E-state index in [0.29, 0.717) is 23.7 Å². The van der Waals surface area contributed by atoms with Gasteiger partial charge < -0.3 is 11.1 Å². The van der Waals surface area contributed by atoms with Gasteiger partial charge in [0.1, 0.15) is 5.82 Å². The molecule has 1 aliphatic carbocycles. The van der Waals surface area contributed by atoms with Crippen molar-refractivity contribution < 1.29 is 9.18 Å². The lowest BCUT2D eigenvalue weighted by Gasteiger charge is -2.19. The maximum Gasteiger partial charge on any atom is 0.248 e. The van der Waals surface area contributed by atoms with Crippen LogP contribution in [0.15, 0.2) is 30.4 Å². The molecule has 96 valence electrons. The van der Waals surface area contributed by atoms with Crippen LogP contribution < -0.4 is 11.1 Å². The Kier molecular flexibility index (Phi) is 4.10. The van der Waals surface area contributed by atoms with Crippen LogP contribution in [0.25, 0.3) is 0 Å². The first kappa shape index (κ1) is 12.8. The fourth-order valence-corrected chi connectivity index (χ4v) is 2.10. The van der Waals surface area contributed by atoms with Crippen LogP contribution in [0.2, 0.25) is 0 Å². The summed E-state index contributed by atoms with van der Waals surface area (Å²) in [5, 5.41) is 3.30. The van der Waals surface area contributed by atoms with E-state index in [2.05, 4.69) is 17.5 Å². The van der Waals surface area contributed by atoms with Crippen molar-refractivity contribution in [1.82, 2.24) is 5.32 Å². The van der Waals surface area contributed by atoms with E-state index in [4.69, 9.17) is 5.73 Å². The van der Waals surface area contributed by atoms with Gasteiger partial charge in [-0.25, -0.2) is 4.39 Å². The molecule has 1 amide bonds. The Balaban J connectivity index is 2.01. The third-order valence-electron chi connectivity index (χ3n) is 3.18. The fraction of sp³-hybridized carbons (Fsp3) is 0.357. The predicted octanol–water partition coefficient (Wildman–Crippen LogP) is 2.12. The second kappa shape index (κ2) is 5.78. The summed E-state index contributed by atoms with van der Waals surface area (Å²) in [6, 6.07) is 4.60. The van der Waals surface area contributed by atoms with Gasteiger partial charge in [-0.1, -0.05) is 12.2 Å². The minimum Gasteiger partial charge on any atom is -0.366 e. The number of amides is 1. The fourth-order valence-electron chi connectivity index (χ4n) is 2.10. The summed E-state index contributed by atoms with van der Waals surface area (Å²) in [4.78, 5) is 11.0. The third kappa shape index (κ3) is 3.17. The minimum atomic E-state index is -0.531. The van der Waals surface area contributed by atoms with Crippen molar-refractivity contribution in [2.75, 3.05) is 0 Å². The Hall–Kier alpha value is -1.68. The normalized spacial score (nSPS) is 18.8. The second-order valence-electron chi connectivity index (χ2n) is 4.53. The molecule has 1 aliphatic rings. The van der Waals surface area contributed by atoms with Gasteiger partial charge >= 0.3 is 0 Å². The van der Waals surface area contributed by atoms with Crippen LogP contribution in [-0.4, -0.2) is 11.9 Å². The molecule has 1 unspecified atom stereocenters. The molecule has 3 nitrogen and oxygen atoms in total. The number of carbonyl (C=O) groups excluding carboxylic acids is 1. The van der Waals surface area contributed by atoms with Crippen molar-refractivity contribution in [3.8, 4) is 0 Å². The van der Waals surface area contributed by atoms with Gasteiger partial charge in [0.15, 0.2) is 0 Å². The third-order valence-corrected chi connectivity index (χ3v) is 3.18. The Labute approximate surface area is 106 Å². The number of rotatable bonds is 4. The largest absolute Gasteiger partial charge is 0.366 e. The van der Waals surface area contributed by atoms with Crippen molar-refractivity contribution in [1.29, 1.82) is 0 Å². The molecule has 0 spiro atoms. The highest BCUT2D eigenvalue weighted by Crippen LogP contribution is 2.14. The summed E-state index contributed by atoms with van der Waals surface area (Å²) >= 11 is 0. The summed E-state index contributed by atoms with van der Waals surface area (Å²) in [5.41, 5.74) is 6.01. The molecule has 0 aliphatic heterocycles. The molecule has 0 heterocycles. The van der Waals surface area contributed by atoms with Crippen LogP contribution in [0.4, 0.5) is 4.39 Å². The number of allylic oxidation sites excluding steroid dienone is 1. The molecule has 1 aromatic rings. The number of hydrogen-bond donors (Lipinski definition) is 2. The van der Waals surface area contributed by atoms with Crippen molar-refractivity contribution in [3.63, 3.8) is 0 Å². The van der Waals surface area contributed by atoms with Gasteiger partial charge in [0, 0.05) is 23.7 Å². The molecule has 0 saturated heterocycles. The number of nitrogens with two attached hydrogens (primary N) is 1. The molecule has 3 N–H and O–H groups in total. The van der Waals surface area contributed by atoms with Crippen LogP contribution in [0.3, 0.4) is 0 Å². The molecule has 4 heteroatoms. The first-order chi connectivity index (χ1) is 8.66. The summed E-state index contributed by atoms with van der Waals surface area (Å²) in [6.07, 6.45) is 7.38. The predicted molar refractivity (Wildman–Crippen MR) is 68.5 cm³/mol. The Morgan fingerprint density at radius 2 is 2.28 bits per heavy atom. The number of nitrogens with one attached hydrogen (secondary N) is 1. The summed E-state index contributed by atoms with van der Waals surface area (Å²) in [6.45, 7) is 0.422. The number of carbonyl (C=O) groups is 1. The summed E-state index contributed by atoms with van der Waals surface area (Å²) in [7, 11) is 0. The lowest BCUT2D eigenvalue weighted by molar-refractivity contribution is 0.1000. The van der Waals surface area contributed by atoms with Gasteiger partial charge in [-0.15, -0.1) is 0 Å². The van der Waals surface area contributed by atoms with E-state index in [0.717, 1.165) is 19.3 Å². The molecule has 0 saturated carbocycles. The molecular formula is C14H17FN2O. The molecule has 2 rings (SSSR count). The van der Waals surface area contributed by atoms with Gasteiger partial charge in [0.05, 0.1) is 0 Å². The zero-order valence-electron chi connectivity index (χ0n) is 10.2. The van der Waals surface area contributed by atoms with Gasteiger partial charge in [0.2, 0.25) is 5.91 Å². The lowest BCUT2D eigenvalue weighted by Crippen LogP contribution is -2.29. The molecular weight excluding hydrogens is 231 g/mol. The van der Waals surface area contributed by atoms with Crippen LogP contribution in [0.5, 0.6) is 0 Å². The molecule has 1 aromatic carbocycles. The molecule has 0 aromatic heterocycles. The average Bonchev–Trinajstić information content (AvgIpc) is 2.38. The second-order valence-corrected chi connectivity index (χ2v) is 4.53. The average molecular weight is 248 g/mol. The maximum absolute atomic E-state index is 13.6. The summed E-state index contributed by atoms with van der Waals surface area (Å²) in [5.74, 6) is -0.837. The maximum atomic E-state index is 13.6. The van der Waals surface area contributed by atoms with Crippen molar-refractivity contribution in [2.45, 2.75) is 31.8 Å². The zero-order chi connectivity index (χ0) is 13.0. The highest BCUT2D eigenvalue weighted by Gasteiger charge is 2.11. The van der Waals surface area contributed by atoms with Crippen LogP contribution in [0.1, 0.15) is 35.2 Å².